The molecule has 1 unspecified atom stereocenters. The van der Waals surface area contributed by atoms with Gasteiger partial charge in [-0.05, 0) is 76.7 Å². The quantitative estimate of drug-likeness (QED) is 0.197. The van der Waals surface area contributed by atoms with Crippen LogP contribution in [0.25, 0.3) is 56.2 Å². The van der Waals surface area contributed by atoms with Gasteiger partial charge in [-0.1, -0.05) is 121 Å². The third-order valence-electron chi connectivity index (χ3n) is 9.58. The van der Waals surface area contributed by atoms with Crippen LogP contribution in [0.4, 0.5) is 0 Å². The maximum atomic E-state index is 10.3. The van der Waals surface area contributed by atoms with Crippen molar-refractivity contribution in [2.45, 2.75) is 22.1 Å². The zero-order chi connectivity index (χ0) is 31.5. The minimum Gasteiger partial charge on any atom is -0.228 e. The van der Waals surface area contributed by atoms with Crippen molar-refractivity contribution < 1.29 is 0 Å². The van der Waals surface area contributed by atoms with E-state index in [1.165, 1.54) is 26.5 Å². The van der Waals surface area contributed by atoms with Gasteiger partial charge in [-0.15, -0.1) is 0 Å². The molecule has 1 aromatic heterocycles. The lowest BCUT2D eigenvalue weighted by atomic mass is 9.73. The zero-order valence-corrected chi connectivity index (χ0v) is 26.4. The molecule has 0 bridgehead atoms. The fourth-order valence-corrected chi connectivity index (χ4v) is 8.64. The first kappa shape index (κ1) is 27.5. The maximum absolute atomic E-state index is 10.3. The van der Waals surface area contributed by atoms with Crippen molar-refractivity contribution in [3.8, 4) is 62.2 Å². The van der Waals surface area contributed by atoms with Crippen molar-refractivity contribution in [3.05, 3.63) is 168 Å². The summed E-state index contributed by atoms with van der Waals surface area (Å²) in [6.07, 6.45) is 0. The van der Waals surface area contributed by atoms with Crippen LogP contribution in [-0.2, 0) is 5.41 Å². The molecule has 2 aliphatic rings. The summed E-state index contributed by atoms with van der Waals surface area (Å²) in [4.78, 5) is 12.7. The molecule has 220 valence electrons. The summed E-state index contributed by atoms with van der Waals surface area (Å²) >= 11 is 1.80. The Morgan fingerprint density at radius 2 is 1.21 bits per heavy atom. The van der Waals surface area contributed by atoms with Crippen LogP contribution in [0, 0.1) is 11.3 Å². The Balaban J connectivity index is 1.25. The summed E-state index contributed by atoms with van der Waals surface area (Å²) in [5, 5.41) is 10.3. The number of aromatic nitrogens is 2. The van der Waals surface area contributed by atoms with Crippen LogP contribution < -0.4 is 0 Å². The number of rotatable bonds is 4. The molecule has 0 saturated heterocycles. The van der Waals surface area contributed by atoms with Gasteiger partial charge in [-0.25, -0.2) is 9.97 Å². The molecule has 0 saturated carbocycles. The Kier molecular flexibility index (Phi) is 6.25. The summed E-state index contributed by atoms with van der Waals surface area (Å²) in [5.74, 6) is 0.678. The van der Waals surface area contributed by atoms with Crippen molar-refractivity contribution >= 4 is 11.8 Å². The molecule has 9 rings (SSSR count). The van der Waals surface area contributed by atoms with Crippen molar-refractivity contribution in [3.63, 3.8) is 0 Å². The predicted molar refractivity (Wildman–Crippen MR) is 190 cm³/mol. The van der Waals surface area contributed by atoms with E-state index in [9.17, 15) is 5.26 Å². The normalized spacial score (nSPS) is 15.3. The summed E-state index contributed by atoms with van der Waals surface area (Å²) in [6.45, 7) is 2.32. The average Bonchev–Trinajstić information content (AvgIpc) is 3.42. The van der Waals surface area contributed by atoms with Crippen LogP contribution in [0.2, 0.25) is 0 Å². The van der Waals surface area contributed by atoms with E-state index < -0.39 is 0 Å². The van der Waals surface area contributed by atoms with E-state index in [1.54, 1.807) is 11.8 Å². The highest BCUT2D eigenvalue weighted by molar-refractivity contribution is 7.99. The monoisotopic (exact) mass is 617 g/mol. The van der Waals surface area contributed by atoms with Gasteiger partial charge < -0.3 is 0 Å². The first-order valence-electron chi connectivity index (χ1n) is 15.7. The van der Waals surface area contributed by atoms with E-state index in [0.717, 1.165) is 50.3 Å². The van der Waals surface area contributed by atoms with Gasteiger partial charge >= 0.3 is 0 Å². The molecule has 2 heterocycles. The number of nitrogens with zero attached hydrogens (tertiary/aromatic N) is 3. The molecular weight excluding hydrogens is 591 g/mol. The number of nitriles is 1. The second-order valence-electron chi connectivity index (χ2n) is 12.2. The van der Waals surface area contributed by atoms with Crippen molar-refractivity contribution in [2.75, 3.05) is 0 Å². The van der Waals surface area contributed by atoms with Gasteiger partial charge in [0.15, 0.2) is 5.82 Å². The Hall–Kier alpha value is -5.76. The van der Waals surface area contributed by atoms with E-state index in [1.807, 2.05) is 30.3 Å². The topological polar surface area (TPSA) is 49.6 Å². The van der Waals surface area contributed by atoms with Crippen LogP contribution in [0.5, 0.6) is 0 Å². The molecule has 7 aromatic rings. The van der Waals surface area contributed by atoms with E-state index >= 15 is 0 Å². The molecule has 0 amide bonds. The van der Waals surface area contributed by atoms with Gasteiger partial charge in [-0.2, -0.15) is 5.26 Å². The molecule has 1 aliphatic heterocycles. The second-order valence-corrected chi connectivity index (χ2v) is 13.3. The van der Waals surface area contributed by atoms with Crippen LogP contribution in [0.1, 0.15) is 29.2 Å². The standard InChI is InChI=1S/C43H27N3S/c1-43-34-21-19-31(24-33(34)40-32(26-44)20-22-39(41(40)43)47-38-18-9-8-17-35(38)43)37-25-36(45-42(46-37)28-13-6-3-7-14-28)30-16-10-15-29(23-30)27-11-4-2-5-12-27/h2-25H,1H3. The third kappa shape index (κ3) is 4.28. The predicted octanol–water partition coefficient (Wildman–Crippen LogP) is 10.8. The van der Waals surface area contributed by atoms with Gasteiger partial charge in [-0.3, -0.25) is 0 Å². The third-order valence-corrected chi connectivity index (χ3v) is 10.7. The number of fused-ring (bicyclic) bond motifs is 5. The van der Waals surface area contributed by atoms with Crippen LogP contribution in [0.15, 0.2) is 155 Å². The van der Waals surface area contributed by atoms with Gasteiger partial charge in [0.25, 0.3) is 0 Å². The van der Waals surface area contributed by atoms with Gasteiger partial charge in [0.2, 0.25) is 0 Å². The maximum Gasteiger partial charge on any atom is 0.160 e. The molecule has 0 fully saturated rings. The molecule has 1 aliphatic carbocycles. The van der Waals surface area contributed by atoms with Crippen LogP contribution in [-0.4, -0.2) is 9.97 Å². The van der Waals surface area contributed by atoms with Gasteiger partial charge in [0, 0.05) is 37.5 Å². The Labute approximate surface area is 278 Å². The molecule has 0 spiro atoms. The largest absolute Gasteiger partial charge is 0.228 e. The Bertz CT molecular complexity index is 2410. The lowest BCUT2D eigenvalue weighted by Crippen LogP contribution is -2.26. The van der Waals surface area contributed by atoms with Gasteiger partial charge in [0.1, 0.15) is 0 Å². The van der Waals surface area contributed by atoms with E-state index in [-0.39, 0.29) is 5.41 Å². The number of benzene rings is 6. The Morgan fingerprint density at radius 3 is 1.98 bits per heavy atom. The highest BCUT2D eigenvalue weighted by atomic mass is 32.2. The number of hydrogen-bond acceptors (Lipinski definition) is 4. The minimum absolute atomic E-state index is 0.350. The molecule has 4 heteroatoms. The summed E-state index contributed by atoms with van der Waals surface area (Å²) < 4.78 is 0. The van der Waals surface area contributed by atoms with Crippen molar-refractivity contribution in [2.24, 2.45) is 0 Å². The van der Waals surface area contributed by atoms with E-state index in [4.69, 9.17) is 9.97 Å². The first-order chi connectivity index (χ1) is 23.1. The molecule has 47 heavy (non-hydrogen) atoms. The van der Waals surface area contributed by atoms with E-state index in [2.05, 4.69) is 128 Å². The molecule has 0 N–H and O–H groups in total. The highest BCUT2D eigenvalue weighted by Crippen LogP contribution is 2.61. The fourth-order valence-electron chi connectivity index (χ4n) is 7.33. The molecule has 0 radical (unpaired) electrons. The lowest BCUT2D eigenvalue weighted by molar-refractivity contribution is 0.675. The smallest absolute Gasteiger partial charge is 0.160 e. The summed E-state index contributed by atoms with van der Waals surface area (Å²) in [6, 6.07) is 53.2. The molecule has 3 nitrogen and oxygen atoms in total. The highest BCUT2D eigenvalue weighted by Gasteiger charge is 2.47. The Morgan fingerprint density at radius 1 is 0.553 bits per heavy atom. The van der Waals surface area contributed by atoms with Crippen LogP contribution >= 0.6 is 11.8 Å². The fraction of sp³-hybridized carbons (Fsp3) is 0.0465. The lowest BCUT2D eigenvalue weighted by Gasteiger charge is -2.35. The minimum atomic E-state index is -0.350. The summed E-state index contributed by atoms with van der Waals surface area (Å²) in [5.41, 5.74) is 13.2. The van der Waals surface area contributed by atoms with Crippen molar-refractivity contribution in [1.82, 2.24) is 9.97 Å². The SMILES string of the molecule is CC12c3ccccc3Sc3ccc(C#N)c(c31)-c1cc(-c3cc(-c4cccc(-c5ccccc5)c4)nc(-c4ccccc4)n3)ccc12. The van der Waals surface area contributed by atoms with Crippen molar-refractivity contribution in [1.29, 1.82) is 5.26 Å². The van der Waals surface area contributed by atoms with Crippen LogP contribution in [0.3, 0.4) is 0 Å². The average molecular weight is 618 g/mol. The molecular formula is C43H27N3S. The van der Waals surface area contributed by atoms with Gasteiger partial charge in [0.05, 0.1) is 23.0 Å². The second kappa shape index (κ2) is 10.7. The summed E-state index contributed by atoms with van der Waals surface area (Å²) in [7, 11) is 0. The molecule has 6 aromatic carbocycles. The number of hydrogen-bond donors (Lipinski definition) is 0. The molecule has 1 atom stereocenters. The first-order valence-corrected chi connectivity index (χ1v) is 16.5. The van der Waals surface area contributed by atoms with E-state index in [0.29, 0.717) is 11.4 Å². The zero-order valence-electron chi connectivity index (χ0n) is 25.6.